The maximum Gasteiger partial charge on any atom is 0.264 e. The lowest BCUT2D eigenvalue weighted by Gasteiger charge is -2.23. The number of pyridine rings is 1. The van der Waals surface area contributed by atoms with Gasteiger partial charge in [-0.25, -0.2) is 13.4 Å². The van der Waals surface area contributed by atoms with Gasteiger partial charge in [-0.1, -0.05) is 60.7 Å². The normalized spacial score (nSPS) is 11.4. The monoisotopic (exact) mass is 496 g/mol. The van der Waals surface area contributed by atoms with Gasteiger partial charge in [0, 0.05) is 23.9 Å². The summed E-state index contributed by atoms with van der Waals surface area (Å²) in [6.45, 7) is 2.03. The zero-order chi connectivity index (χ0) is 25.1. The van der Waals surface area contributed by atoms with E-state index in [-0.39, 0.29) is 17.0 Å². The highest BCUT2D eigenvalue weighted by atomic mass is 32.2. The van der Waals surface area contributed by atoms with Gasteiger partial charge in [0.2, 0.25) is 0 Å². The van der Waals surface area contributed by atoms with Crippen molar-refractivity contribution < 1.29 is 13.2 Å². The maximum atomic E-state index is 13.4. The number of nitrogens with zero attached hydrogens (tertiary/aromatic N) is 3. The molecule has 5 aromatic rings. The standard InChI is InChI=1S/C28H24N4O3S/c1-2-32(23-15-7-4-8-16-23)36(34,35)24-17-11-14-22(20-24)28(33)30-27-26(21-12-5-3-6-13-21)29-25-18-9-10-19-31(25)27/h3-20H,2H2,1H3,(H,30,33). The number of hydrogen-bond acceptors (Lipinski definition) is 4. The second kappa shape index (κ2) is 9.67. The number of nitrogens with one attached hydrogen (secondary N) is 1. The van der Waals surface area contributed by atoms with Gasteiger partial charge in [0.25, 0.3) is 15.9 Å². The van der Waals surface area contributed by atoms with Gasteiger partial charge < -0.3 is 5.32 Å². The first-order valence-electron chi connectivity index (χ1n) is 11.5. The summed E-state index contributed by atoms with van der Waals surface area (Å²) in [5, 5.41) is 2.95. The molecule has 0 aliphatic heterocycles. The number of imidazole rings is 1. The summed E-state index contributed by atoms with van der Waals surface area (Å²) in [5.41, 5.74) is 2.96. The highest BCUT2D eigenvalue weighted by molar-refractivity contribution is 7.92. The molecular weight excluding hydrogens is 472 g/mol. The number of carbonyl (C=O) groups excluding carboxylic acids is 1. The molecule has 0 radical (unpaired) electrons. The van der Waals surface area contributed by atoms with Crippen LogP contribution in [-0.2, 0) is 10.0 Å². The Balaban J connectivity index is 1.51. The number of amides is 1. The minimum absolute atomic E-state index is 0.0438. The summed E-state index contributed by atoms with van der Waals surface area (Å²) < 4.78 is 30.0. The Morgan fingerprint density at radius 2 is 1.58 bits per heavy atom. The first kappa shape index (κ1) is 23.3. The number of fused-ring (bicyclic) bond motifs is 1. The van der Waals surface area contributed by atoms with Gasteiger partial charge in [-0.2, -0.15) is 0 Å². The number of anilines is 2. The van der Waals surface area contributed by atoms with Crippen molar-refractivity contribution in [3.05, 3.63) is 115 Å². The largest absolute Gasteiger partial charge is 0.306 e. The van der Waals surface area contributed by atoms with Gasteiger partial charge in [0.1, 0.15) is 17.2 Å². The van der Waals surface area contributed by atoms with Crippen molar-refractivity contribution in [2.75, 3.05) is 16.2 Å². The Morgan fingerprint density at radius 1 is 0.889 bits per heavy atom. The van der Waals surface area contributed by atoms with Crippen molar-refractivity contribution >= 4 is 33.1 Å². The minimum atomic E-state index is -3.87. The van der Waals surface area contributed by atoms with Gasteiger partial charge in [-0.15, -0.1) is 0 Å². The average Bonchev–Trinajstić information content (AvgIpc) is 3.28. The molecule has 0 aliphatic carbocycles. The topological polar surface area (TPSA) is 83.8 Å². The second-order valence-electron chi connectivity index (χ2n) is 8.09. The Kier molecular flexibility index (Phi) is 6.26. The fourth-order valence-electron chi connectivity index (χ4n) is 4.10. The van der Waals surface area contributed by atoms with Crippen LogP contribution in [0.4, 0.5) is 11.5 Å². The number of carbonyl (C=O) groups is 1. The molecular formula is C28H24N4O3S. The Morgan fingerprint density at radius 3 is 2.31 bits per heavy atom. The van der Waals surface area contributed by atoms with Crippen molar-refractivity contribution in [3.63, 3.8) is 0 Å². The maximum absolute atomic E-state index is 13.4. The lowest BCUT2D eigenvalue weighted by molar-refractivity contribution is 0.102. The van der Waals surface area contributed by atoms with Crippen LogP contribution in [0.1, 0.15) is 17.3 Å². The number of sulfonamides is 1. The van der Waals surface area contributed by atoms with E-state index in [0.717, 1.165) is 5.56 Å². The summed E-state index contributed by atoms with van der Waals surface area (Å²) in [6, 6.07) is 30.1. The Bertz CT molecular complexity index is 1630. The van der Waals surface area contributed by atoms with E-state index in [2.05, 4.69) is 5.32 Å². The zero-order valence-electron chi connectivity index (χ0n) is 19.6. The quantitative estimate of drug-likeness (QED) is 0.324. The lowest BCUT2D eigenvalue weighted by Crippen LogP contribution is -2.31. The molecule has 1 N–H and O–H groups in total. The van der Waals surface area contributed by atoms with Crippen LogP contribution in [-0.4, -0.2) is 30.3 Å². The van der Waals surface area contributed by atoms with Crippen LogP contribution in [0.25, 0.3) is 16.9 Å². The molecule has 0 atom stereocenters. The summed E-state index contributed by atoms with van der Waals surface area (Å²) in [6.07, 6.45) is 1.82. The summed E-state index contributed by atoms with van der Waals surface area (Å²) >= 11 is 0. The Hall–Kier alpha value is -4.43. The van der Waals surface area contributed by atoms with Crippen LogP contribution in [0.5, 0.6) is 0 Å². The highest BCUT2D eigenvalue weighted by Gasteiger charge is 2.25. The van der Waals surface area contributed by atoms with Crippen LogP contribution in [0, 0.1) is 0 Å². The van der Waals surface area contributed by atoms with E-state index in [9.17, 15) is 13.2 Å². The second-order valence-corrected chi connectivity index (χ2v) is 9.95. The van der Waals surface area contributed by atoms with Gasteiger partial charge in [-0.3, -0.25) is 13.5 Å². The third-order valence-corrected chi connectivity index (χ3v) is 7.72. The molecule has 2 aromatic heterocycles. The van der Waals surface area contributed by atoms with E-state index in [0.29, 0.717) is 22.8 Å². The third kappa shape index (κ3) is 4.34. The van der Waals surface area contributed by atoms with Crippen molar-refractivity contribution in [1.29, 1.82) is 0 Å². The summed E-state index contributed by atoms with van der Waals surface area (Å²) in [5.74, 6) is 0.0761. The molecule has 0 aliphatic rings. The molecule has 36 heavy (non-hydrogen) atoms. The molecule has 0 spiro atoms. The molecule has 0 saturated carbocycles. The molecule has 5 rings (SSSR count). The number of hydrogen-bond donors (Lipinski definition) is 1. The molecule has 0 fully saturated rings. The van der Waals surface area contributed by atoms with E-state index < -0.39 is 15.9 Å². The third-order valence-electron chi connectivity index (χ3n) is 5.82. The fourth-order valence-corrected chi connectivity index (χ4v) is 5.62. The lowest BCUT2D eigenvalue weighted by atomic mass is 10.1. The molecule has 1 amide bonds. The van der Waals surface area contributed by atoms with Crippen LogP contribution >= 0.6 is 0 Å². The van der Waals surface area contributed by atoms with Gasteiger partial charge in [0.05, 0.1) is 10.6 Å². The number of para-hydroxylation sites is 1. The zero-order valence-corrected chi connectivity index (χ0v) is 20.4. The number of aromatic nitrogens is 2. The van der Waals surface area contributed by atoms with Crippen molar-refractivity contribution in [2.24, 2.45) is 0 Å². The van der Waals surface area contributed by atoms with Crippen LogP contribution < -0.4 is 9.62 Å². The van der Waals surface area contributed by atoms with E-state index in [1.165, 1.54) is 16.4 Å². The molecule has 8 heteroatoms. The van der Waals surface area contributed by atoms with Crippen molar-refractivity contribution in [1.82, 2.24) is 9.38 Å². The molecule has 0 unspecified atom stereocenters. The van der Waals surface area contributed by atoms with E-state index in [1.807, 2.05) is 60.8 Å². The first-order valence-corrected chi connectivity index (χ1v) is 12.9. The van der Waals surface area contributed by atoms with E-state index >= 15 is 0 Å². The molecule has 7 nitrogen and oxygen atoms in total. The van der Waals surface area contributed by atoms with Gasteiger partial charge >= 0.3 is 0 Å². The van der Waals surface area contributed by atoms with Crippen LogP contribution in [0.15, 0.2) is 114 Å². The van der Waals surface area contributed by atoms with Crippen molar-refractivity contribution in [3.8, 4) is 11.3 Å². The number of rotatable bonds is 7. The minimum Gasteiger partial charge on any atom is -0.306 e. The number of benzene rings is 3. The summed E-state index contributed by atoms with van der Waals surface area (Å²) in [4.78, 5) is 18.1. The van der Waals surface area contributed by atoms with Crippen molar-refractivity contribution in [2.45, 2.75) is 11.8 Å². The van der Waals surface area contributed by atoms with E-state index in [1.54, 1.807) is 47.7 Å². The predicted octanol–water partition coefficient (Wildman–Crippen LogP) is 5.47. The highest BCUT2D eigenvalue weighted by Crippen LogP contribution is 2.29. The van der Waals surface area contributed by atoms with E-state index in [4.69, 9.17) is 4.98 Å². The molecule has 0 saturated heterocycles. The average molecular weight is 497 g/mol. The van der Waals surface area contributed by atoms with Gasteiger partial charge in [0.15, 0.2) is 0 Å². The Labute approximate surface area is 209 Å². The predicted molar refractivity (Wildman–Crippen MR) is 142 cm³/mol. The molecule has 0 bridgehead atoms. The van der Waals surface area contributed by atoms with Crippen LogP contribution in [0.3, 0.4) is 0 Å². The van der Waals surface area contributed by atoms with Gasteiger partial charge in [-0.05, 0) is 49.4 Å². The SMILES string of the molecule is CCN(c1ccccc1)S(=O)(=O)c1cccc(C(=O)Nc2c(-c3ccccc3)nc3ccccn23)c1. The smallest absolute Gasteiger partial charge is 0.264 e. The molecule has 180 valence electrons. The first-order chi connectivity index (χ1) is 17.5. The fraction of sp³-hybridized carbons (Fsp3) is 0.0714. The molecule has 3 aromatic carbocycles. The molecule has 2 heterocycles. The summed E-state index contributed by atoms with van der Waals surface area (Å²) in [7, 11) is -3.87. The van der Waals surface area contributed by atoms with Crippen LogP contribution in [0.2, 0.25) is 0 Å².